The summed E-state index contributed by atoms with van der Waals surface area (Å²) < 4.78 is 77.9. The molecule has 5 nitrogen and oxygen atoms in total. The average molecular weight is 588 g/mol. The molecule has 2 atom stereocenters. The van der Waals surface area contributed by atoms with Crippen LogP contribution in [0.25, 0.3) is 11.3 Å². The zero-order valence-corrected chi connectivity index (χ0v) is 22.5. The van der Waals surface area contributed by atoms with Crippen LogP contribution in [-0.2, 0) is 22.7 Å². The van der Waals surface area contributed by atoms with Gasteiger partial charge in [-0.2, -0.15) is 18.3 Å². The summed E-state index contributed by atoms with van der Waals surface area (Å²) in [6.45, 7) is 5.94. The highest BCUT2D eigenvalue weighted by Crippen LogP contribution is 2.46. The first kappa shape index (κ1) is 26.8. The van der Waals surface area contributed by atoms with Crippen LogP contribution in [0.4, 0.5) is 17.6 Å². The minimum atomic E-state index is -4.59. The number of hydrogen-bond acceptors (Lipinski definition) is 3. The third-order valence-corrected chi connectivity index (χ3v) is 7.81. The number of methoxy groups -OCH3 is 1. The lowest BCUT2D eigenvalue weighted by Gasteiger charge is -2.25. The Morgan fingerprint density at radius 2 is 1.86 bits per heavy atom. The number of nitrogens with zero attached hydrogens (tertiary/aromatic N) is 2. The van der Waals surface area contributed by atoms with Gasteiger partial charge in [0.15, 0.2) is 0 Å². The Hall–Kier alpha value is -2.24. The molecular formula is C25H26BrF4N3O2S. The van der Waals surface area contributed by atoms with Gasteiger partial charge in [-0.15, -0.1) is 0 Å². The summed E-state index contributed by atoms with van der Waals surface area (Å²) in [7, 11) is -0.707. The van der Waals surface area contributed by atoms with Crippen LogP contribution >= 0.6 is 15.9 Å². The van der Waals surface area contributed by atoms with Crippen LogP contribution in [-0.4, -0.2) is 21.1 Å². The van der Waals surface area contributed by atoms with E-state index in [1.165, 1.54) is 18.2 Å². The first-order valence-corrected chi connectivity index (χ1v) is 13.2. The van der Waals surface area contributed by atoms with Gasteiger partial charge in [0, 0.05) is 15.6 Å². The minimum Gasteiger partial charge on any atom is -0.496 e. The van der Waals surface area contributed by atoms with Gasteiger partial charge in [0.05, 0.1) is 41.0 Å². The second-order valence-corrected chi connectivity index (χ2v) is 11.8. The molecule has 3 aromatic rings. The third kappa shape index (κ3) is 5.52. The van der Waals surface area contributed by atoms with Crippen molar-refractivity contribution in [3.63, 3.8) is 0 Å². The molecule has 1 aromatic heterocycles. The van der Waals surface area contributed by atoms with E-state index in [0.29, 0.717) is 15.7 Å². The number of hydrogen-bond donors (Lipinski definition) is 1. The van der Waals surface area contributed by atoms with Crippen molar-refractivity contribution in [1.82, 2.24) is 14.5 Å². The summed E-state index contributed by atoms with van der Waals surface area (Å²) in [6, 6.07) is 7.18. The van der Waals surface area contributed by atoms with Gasteiger partial charge in [0.1, 0.15) is 22.6 Å². The van der Waals surface area contributed by atoms with Crippen molar-refractivity contribution in [3.8, 4) is 17.0 Å². The number of rotatable bonds is 7. The summed E-state index contributed by atoms with van der Waals surface area (Å²) >= 11 is 3.52. The van der Waals surface area contributed by atoms with Gasteiger partial charge in [-0.1, -0.05) is 15.9 Å². The van der Waals surface area contributed by atoms with E-state index in [4.69, 9.17) is 4.74 Å². The highest BCUT2D eigenvalue weighted by molar-refractivity contribution is 9.10. The van der Waals surface area contributed by atoms with E-state index < -0.39 is 45.9 Å². The molecule has 36 heavy (non-hydrogen) atoms. The number of benzene rings is 2. The zero-order chi connectivity index (χ0) is 26.4. The van der Waals surface area contributed by atoms with Crippen molar-refractivity contribution in [3.05, 3.63) is 64.0 Å². The van der Waals surface area contributed by atoms with Gasteiger partial charge in [-0.3, -0.25) is 4.68 Å². The van der Waals surface area contributed by atoms with E-state index in [9.17, 15) is 21.8 Å². The third-order valence-electron chi connectivity index (χ3n) is 5.97. The zero-order valence-electron chi connectivity index (χ0n) is 20.1. The Balaban J connectivity index is 1.76. The van der Waals surface area contributed by atoms with Crippen molar-refractivity contribution in [1.29, 1.82) is 0 Å². The number of alkyl halides is 3. The van der Waals surface area contributed by atoms with Crippen molar-refractivity contribution in [2.75, 3.05) is 7.11 Å². The molecule has 1 saturated carbocycles. The van der Waals surface area contributed by atoms with E-state index in [2.05, 4.69) is 25.8 Å². The second kappa shape index (κ2) is 9.90. The first-order chi connectivity index (χ1) is 16.8. The molecule has 0 radical (unpaired) electrons. The molecule has 1 N–H and O–H groups in total. The van der Waals surface area contributed by atoms with E-state index >= 15 is 0 Å². The van der Waals surface area contributed by atoms with Crippen LogP contribution < -0.4 is 9.46 Å². The molecule has 0 bridgehead atoms. The van der Waals surface area contributed by atoms with E-state index in [-0.39, 0.29) is 10.8 Å². The number of halogens is 5. The molecule has 4 rings (SSSR count). The molecule has 1 aliphatic rings. The fraction of sp³-hybridized carbons (Fsp3) is 0.400. The van der Waals surface area contributed by atoms with Crippen LogP contribution in [0.5, 0.6) is 5.75 Å². The summed E-state index contributed by atoms with van der Waals surface area (Å²) in [5.74, 6) is -0.658. The van der Waals surface area contributed by atoms with E-state index in [1.807, 2.05) is 25.5 Å². The van der Waals surface area contributed by atoms with Crippen LogP contribution in [0.3, 0.4) is 0 Å². The molecule has 0 aliphatic heterocycles. The molecule has 11 heteroatoms. The van der Waals surface area contributed by atoms with Crippen molar-refractivity contribution in [2.24, 2.45) is 5.92 Å². The number of ether oxygens (including phenoxy) is 1. The van der Waals surface area contributed by atoms with Crippen LogP contribution in [0.1, 0.15) is 50.8 Å². The maximum atomic E-state index is 14.3. The Kier molecular flexibility index (Phi) is 7.38. The van der Waals surface area contributed by atoms with Crippen molar-refractivity contribution < 1.29 is 26.5 Å². The highest BCUT2D eigenvalue weighted by atomic mass is 79.9. The van der Waals surface area contributed by atoms with E-state index in [0.717, 1.165) is 37.6 Å². The largest absolute Gasteiger partial charge is 0.496 e. The van der Waals surface area contributed by atoms with Crippen molar-refractivity contribution in [2.45, 2.75) is 56.3 Å². The molecule has 194 valence electrons. The smallest absolute Gasteiger partial charge is 0.419 e. The van der Waals surface area contributed by atoms with Crippen LogP contribution in [0.2, 0.25) is 0 Å². The van der Waals surface area contributed by atoms with Crippen molar-refractivity contribution >= 4 is 26.9 Å². The summed E-state index contributed by atoms with van der Waals surface area (Å²) in [5.41, 5.74) is 0.653. The molecule has 0 saturated heterocycles. The minimum absolute atomic E-state index is 0.147. The fourth-order valence-corrected chi connectivity index (χ4v) is 5.62. The van der Waals surface area contributed by atoms with Crippen LogP contribution in [0, 0.1) is 11.7 Å². The Morgan fingerprint density at radius 3 is 2.44 bits per heavy atom. The van der Waals surface area contributed by atoms with Gasteiger partial charge in [0.2, 0.25) is 0 Å². The fourth-order valence-electron chi connectivity index (χ4n) is 4.09. The van der Waals surface area contributed by atoms with Gasteiger partial charge in [-0.25, -0.2) is 13.3 Å². The average Bonchev–Trinajstić information content (AvgIpc) is 3.54. The topological polar surface area (TPSA) is 56.1 Å². The summed E-state index contributed by atoms with van der Waals surface area (Å²) in [5, 5.41) is 4.60. The lowest BCUT2D eigenvalue weighted by atomic mass is 9.98. The van der Waals surface area contributed by atoms with E-state index in [1.54, 1.807) is 12.3 Å². The standard InChI is InChI=1S/C25H26BrF4N3O2S/c1-24(2,3)33-23(17-11-15(27)7-10-20(17)26)18(13-31-33)22(14-5-6-14)32-36(34)16-8-9-19(25(28,29)30)21(12-16)35-4/h7-14,22,32H,5-6H2,1-4H3/t22-,36?/m1/s1. The molecule has 1 aliphatic carbocycles. The second-order valence-electron chi connectivity index (χ2n) is 9.72. The Labute approximate surface area is 217 Å². The molecular weight excluding hydrogens is 562 g/mol. The van der Waals surface area contributed by atoms with Gasteiger partial charge >= 0.3 is 6.18 Å². The Bertz CT molecular complexity index is 1300. The Morgan fingerprint density at radius 1 is 1.17 bits per heavy atom. The molecule has 0 spiro atoms. The normalized spacial score (nSPS) is 16.1. The maximum absolute atomic E-state index is 14.3. The van der Waals surface area contributed by atoms with Gasteiger partial charge < -0.3 is 4.74 Å². The molecule has 1 heterocycles. The lowest BCUT2D eigenvalue weighted by Crippen LogP contribution is -2.27. The quantitative estimate of drug-likeness (QED) is 0.303. The lowest BCUT2D eigenvalue weighted by molar-refractivity contribution is -0.138. The molecule has 1 unspecified atom stereocenters. The number of nitrogens with one attached hydrogen (secondary N) is 1. The van der Waals surface area contributed by atoms with Gasteiger partial charge in [0.25, 0.3) is 0 Å². The molecule has 1 fully saturated rings. The SMILES string of the molecule is COc1cc(S(=O)N[C@@H](c2cnn(C(C)(C)C)c2-c2cc(F)ccc2Br)C2CC2)ccc1C(F)(F)F. The predicted molar refractivity (Wildman–Crippen MR) is 133 cm³/mol. The maximum Gasteiger partial charge on any atom is 0.419 e. The van der Waals surface area contributed by atoms with Crippen LogP contribution in [0.15, 0.2) is 52.0 Å². The summed E-state index contributed by atoms with van der Waals surface area (Å²) in [6.07, 6.45) is -1.13. The highest BCUT2D eigenvalue weighted by Gasteiger charge is 2.38. The predicted octanol–water partition coefficient (Wildman–Crippen LogP) is 7.00. The molecule has 2 aromatic carbocycles. The number of aromatic nitrogens is 2. The molecule has 0 amide bonds. The van der Waals surface area contributed by atoms with Gasteiger partial charge in [-0.05, 0) is 75.9 Å². The first-order valence-electron chi connectivity index (χ1n) is 11.3. The summed E-state index contributed by atoms with van der Waals surface area (Å²) in [4.78, 5) is 0.155. The monoisotopic (exact) mass is 587 g/mol.